The standard InChI is InChI=1S/C19H32N4O2S/c1-4-26(24,25)13-11-21-19(20-3)22-18-10-12-23(16(2)14-18)15-17-8-6-5-7-9-17/h5-9,16,18H,4,10-15H2,1-3H3,(H2,20,21,22). The Bertz CT molecular complexity index is 676. The summed E-state index contributed by atoms with van der Waals surface area (Å²) in [4.78, 5) is 6.74. The minimum Gasteiger partial charge on any atom is -0.355 e. The van der Waals surface area contributed by atoms with Crippen molar-refractivity contribution in [3.05, 3.63) is 35.9 Å². The first-order valence-corrected chi connectivity index (χ1v) is 11.2. The zero-order valence-corrected chi connectivity index (χ0v) is 16.9. The largest absolute Gasteiger partial charge is 0.355 e. The molecule has 7 heteroatoms. The Morgan fingerprint density at radius 3 is 2.65 bits per heavy atom. The van der Waals surface area contributed by atoms with Crippen LogP contribution in [-0.2, 0) is 16.4 Å². The Morgan fingerprint density at radius 1 is 1.31 bits per heavy atom. The summed E-state index contributed by atoms with van der Waals surface area (Å²) in [5, 5.41) is 6.56. The molecule has 1 fully saturated rings. The molecular formula is C19H32N4O2S. The summed E-state index contributed by atoms with van der Waals surface area (Å²) in [6.07, 6.45) is 2.09. The number of likely N-dealkylation sites (tertiary alicyclic amines) is 1. The van der Waals surface area contributed by atoms with Crippen LogP contribution in [0.15, 0.2) is 35.3 Å². The second-order valence-electron chi connectivity index (χ2n) is 6.91. The summed E-state index contributed by atoms with van der Waals surface area (Å²) in [6.45, 7) is 6.34. The van der Waals surface area contributed by atoms with Crippen molar-refractivity contribution in [3.8, 4) is 0 Å². The average molecular weight is 381 g/mol. The number of nitrogens with zero attached hydrogens (tertiary/aromatic N) is 2. The molecule has 26 heavy (non-hydrogen) atoms. The molecule has 6 nitrogen and oxygen atoms in total. The van der Waals surface area contributed by atoms with Crippen LogP contribution >= 0.6 is 0 Å². The highest BCUT2D eigenvalue weighted by Crippen LogP contribution is 2.19. The molecule has 1 aliphatic heterocycles. The van der Waals surface area contributed by atoms with E-state index in [9.17, 15) is 8.42 Å². The van der Waals surface area contributed by atoms with E-state index in [1.807, 2.05) is 6.07 Å². The maximum atomic E-state index is 11.6. The van der Waals surface area contributed by atoms with Gasteiger partial charge in [-0.3, -0.25) is 9.89 Å². The smallest absolute Gasteiger partial charge is 0.191 e. The molecule has 0 amide bonds. The SMILES string of the molecule is CCS(=O)(=O)CCNC(=NC)NC1CCN(Cc2ccccc2)C(C)C1. The third-order valence-electron chi connectivity index (χ3n) is 4.95. The number of hydrogen-bond donors (Lipinski definition) is 2. The Kier molecular flexibility index (Phi) is 7.90. The summed E-state index contributed by atoms with van der Waals surface area (Å²) in [6, 6.07) is 11.4. The van der Waals surface area contributed by atoms with Gasteiger partial charge in [0.15, 0.2) is 15.8 Å². The topological polar surface area (TPSA) is 73.8 Å². The number of guanidine groups is 1. The molecule has 2 unspecified atom stereocenters. The van der Waals surface area contributed by atoms with Crippen LogP contribution in [0.5, 0.6) is 0 Å². The molecule has 2 rings (SSSR count). The van der Waals surface area contributed by atoms with Gasteiger partial charge in [-0.2, -0.15) is 0 Å². The Hall–Kier alpha value is -1.60. The summed E-state index contributed by atoms with van der Waals surface area (Å²) < 4.78 is 23.2. The van der Waals surface area contributed by atoms with Gasteiger partial charge in [0.25, 0.3) is 0 Å². The van der Waals surface area contributed by atoms with Crippen LogP contribution in [0.4, 0.5) is 0 Å². The lowest BCUT2D eigenvalue weighted by atomic mass is 9.97. The predicted octanol–water partition coefficient (Wildman–Crippen LogP) is 1.64. The van der Waals surface area contributed by atoms with E-state index in [2.05, 4.69) is 51.7 Å². The van der Waals surface area contributed by atoms with E-state index in [1.54, 1.807) is 14.0 Å². The Labute approximate surface area is 158 Å². The van der Waals surface area contributed by atoms with Crippen molar-refractivity contribution < 1.29 is 8.42 Å². The molecule has 0 radical (unpaired) electrons. The highest BCUT2D eigenvalue weighted by molar-refractivity contribution is 7.91. The first kappa shape index (κ1) is 20.7. The zero-order chi connectivity index (χ0) is 19.0. The average Bonchev–Trinajstić information content (AvgIpc) is 2.64. The fourth-order valence-corrected chi connectivity index (χ4v) is 3.96. The molecule has 0 aromatic heterocycles. The van der Waals surface area contributed by atoms with Crippen molar-refractivity contribution in [2.45, 2.75) is 45.3 Å². The zero-order valence-electron chi connectivity index (χ0n) is 16.1. The van der Waals surface area contributed by atoms with Gasteiger partial charge in [-0.1, -0.05) is 37.3 Å². The van der Waals surface area contributed by atoms with Gasteiger partial charge in [0, 0.05) is 44.5 Å². The van der Waals surface area contributed by atoms with Crippen LogP contribution < -0.4 is 10.6 Å². The van der Waals surface area contributed by atoms with Crippen LogP contribution in [0, 0.1) is 0 Å². The molecule has 1 aliphatic rings. The predicted molar refractivity (Wildman–Crippen MR) is 108 cm³/mol. The molecule has 0 bridgehead atoms. The van der Waals surface area contributed by atoms with Crippen LogP contribution in [0.3, 0.4) is 0 Å². The van der Waals surface area contributed by atoms with Gasteiger partial charge < -0.3 is 10.6 Å². The fourth-order valence-electron chi connectivity index (χ4n) is 3.26. The van der Waals surface area contributed by atoms with E-state index in [1.165, 1.54) is 5.56 Å². The van der Waals surface area contributed by atoms with E-state index >= 15 is 0 Å². The van der Waals surface area contributed by atoms with Crippen molar-refractivity contribution in [2.75, 3.05) is 31.6 Å². The lowest BCUT2D eigenvalue weighted by molar-refractivity contribution is 0.134. The quantitative estimate of drug-likeness (QED) is 0.556. The molecule has 146 valence electrons. The van der Waals surface area contributed by atoms with Gasteiger partial charge in [0.05, 0.1) is 5.75 Å². The lowest BCUT2D eigenvalue weighted by Crippen LogP contribution is -2.51. The second kappa shape index (κ2) is 9.92. The van der Waals surface area contributed by atoms with Crippen LogP contribution in [0.2, 0.25) is 0 Å². The minimum atomic E-state index is -2.95. The summed E-state index contributed by atoms with van der Waals surface area (Å²) >= 11 is 0. The number of hydrogen-bond acceptors (Lipinski definition) is 4. The maximum absolute atomic E-state index is 11.6. The van der Waals surface area contributed by atoms with Gasteiger partial charge in [-0.25, -0.2) is 8.42 Å². The van der Waals surface area contributed by atoms with Crippen molar-refractivity contribution in [3.63, 3.8) is 0 Å². The van der Waals surface area contributed by atoms with Crippen molar-refractivity contribution in [1.29, 1.82) is 0 Å². The van der Waals surface area contributed by atoms with E-state index in [0.29, 0.717) is 24.6 Å². The van der Waals surface area contributed by atoms with Crippen LogP contribution in [0.1, 0.15) is 32.3 Å². The molecule has 1 aromatic rings. The summed E-state index contributed by atoms with van der Waals surface area (Å²) in [7, 11) is -1.23. The molecule has 0 aliphatic carbocycles. The van der Waals surface area contributed by atoms with Crippen molar-refractivity contribution >= 4 is 15.8 Å². The molecular weight excluding hydrogens is 348 g/mol. The number of benzene rings is 1. The van der Waals surface area contributed by atoms with Crippen LogP contribution in [-0.4, -0.2) is 63.0 Å². The monoisotopic (exact) mass is 380 g/mol. The molecule has 0 saturated carbocycles. The molecule has 2 atom stereocenters. The van der Waals surface area contributed by atoms with Crippen molar-refractivity contribution in [2.24, 2.45) is 4.99 Å². The molecule has 1 saturated heterocycles. The fraction of sp³-hybridized carbons (Fsp3) is 0.632. The highest BCUT2D eigenvalue weighted by atomic mass is 32.2. The Morgan fingerprint density at radius 2 is 2.04 bits per heavy atom. The van der Waals surface area contributed by atoms with Gasteiger partial charge >= 0.3 is 0 Å². The number of aliphatic imine (C=N–C) groups is 1. The second-order valence-corrected chi connectivity index (χ2v) is 9.38. The van der Waals surface area contributed by atoms with E-state index in [0.717, 1.165) is 25.9 Å². The number of nitrogens with one attached hydrogen (secondary N) is 2. The summed E-state index contributed by atoms with van der Waals surface area (Å²) in [5.74, 6) is 0.999. The van der Waals surface area contributed by atoms with Gasteiger partial charge in [-0.15, -0.1) is 0 Å². The highest BCUT2D eigenvalue weighted by Gasteiger charge is 2.26. The Balaban J connectivity index is 1.78. The molecule has 0 spiro atoms. The van der Waals surface area contributed by atoms with Gasteiger partial charge in [-0.05, 0) is 25.3 Å². The normalized spacial score (nSPS) is 22.2. The van der Waals surface area contributed by atoms with Crippen molar-refractivity contribution in [1.82, 2.24) is 15.5 Å². The minimum absolute atomic E-state index is 0.135. The van der Waals surface area contributed by atoms with Gasteiger partial charge in [0.1, 0.15) is 0 Å². The third-order valence-corrected chi connectivity index (χ3v) is 6.66. The number of rotatable bonds is 7. The lowest BCUT2D eigenvalue weighted by Gasteiger charge is -2.38. The van der Waals surface area contributed by atoms with E-state index < -0.39 is 9.84 Å². The van der Waals surface area contributed by atoms with Gasteiger partial charge in [0.2, 0.25) is 0 Å². The molecule has 1 aromatic carbocycles. The van der Waals surface area contributed by atoms with Crippen LogP contribution in [0.25, 0.3) is 0 Å². The first-order valence-electron chi connectivity index (χ1n) is 9.39. The third kappa shape index (κ3) is 6.61. The first-order chi connectivity index (χ1) is 12.4. The number of piperidine rings is 1. The summed E-state index contributed by atoms with van der Waals surface area (Å²) in [5.41, 5.74) is 1.35. The maximum Gasteiger partial charge on any atom is 0.191 e. The van der Waals surface area contributed by atoms with E-state index in [4.69, 9.17) is 0 Å². The number of sulfone groups is 1. The molecule has 2 N–H and O–H groups in total. The van der Waals surface area contributed by atoms with E-state index in [-0.39, 0.29) is 11.5 Å². The molecule has 1 heterocycles.